The molecule has 1 heterocycles. The number of halogens is 1. The van der Waals surface area contributed by atoms with E-state index in [0.717, 1.165) is 0 Å². The average Bonchev–Trinajstić information content (AvgIpc) is 2.28. The van der Waals surface area contributed by atoms with E-state index in [4.69, 9.17) is 16.0 Å². The molecule has 20 heavy (non-hydrogen) atoms. The standard InChI is InChI=1S/C14H28ClO2PSi2/c1-11-9-10-12(13(16)17-2)14(18(11)15,19(3,4)5)20(6,7)8/h9-12H,1-8H3. The van der Waals surface area contributed by atoms with Gasteiger partial charge in [0.1, 0.15) is 0 Å². The van der Waals surface area contributed by atoms with E-state index in [0.29, 0.717) is 5.66 Å². The molecule has 0 saturated heterocycles. The predicted octanol–water partition coefficient (Wildman–Crippen LogP) is 4.86. The summed E-state index contributed by atoms with van der Waals surface area (Å²) in [6.07, 6.45) is 4.22. The normalized spacial score (nSPS) is 30.1. The lowest BCUT2D eigenvalue weighted by molar-refractivity contribution is -0.143. The van der Waals surface area contributed by atoms with Gasteiger partial charge >= 0.3 is 5.97 Å². The van der Waals surface area contributed by atoms with Crippen molar-refractivity contribution in [1.82, 2.24) is 0 Å². The van der Waals surface area contributed by atoms with E-state index < -0.39 is 23.4 Å². The molecule has 0 saturated carbocycles. The van der Waals surface area contributed by atoms with Gasteiger partial charge in [-0.3, -0.25) is 4.79 Å². The topological polar surface area (TPSA) is 26.3 Å². The highest BCUT2D eigenvalue weighted by Crippen LogP contribution is 2.70. The lowest BCUT2D eigenvalue weighted by Crippen LogP contribution is -2.70. The fraction of sp³-hybridized carbons (Fsp3) is 0.786. The smallest absolute Gasteiger partial charge is 0.312 e. The van der Waals surface area contributed by atoms with Crippen molar-refractivity contribution in [2.45, 2.75) is 56.3 Å². The molecule has 0 bridgehead atoms. The van der Waals surface area contributed by atoms with Gasteiger partial charge in [0.15, 0.2) is 0 Å². The number of carbonyl (C=O) groups excluding carboxylic acids is 1. The average molecular weight is 351 g/mol. The van der Waals surface area contributed by atoms with Crippen LogP contribution in [0.5, 0.6) is 0 Å². The number of rotatable bonds is 3. The molecule has 2 nitrogen and oxygen atoms in total. The van der Waals surface area contributed by atoms with Gasteiger partial charge in [0.25, 0.3) is 0 Å². The molecular weight excluding hydrogens is 323 g/mol. The molecule has 0 aromatic heterocycles. The van der Waals surface area contributed by atoms with Crippen LogP contribution in [0.1, 0.15) is 6.92 Å². The molecule has 0 aliphatic carbocycles. The van der Waals surface area contributed by atoms with Gasteiger partial charge in [-0.05, 0) is 7.27 Å². The molecule has 0 spiro atoms. The first-order chi connectivity index (χ1) is 8.91. The summed E-state index contributed by atoms with van der Waals surface area (Å²) < 4.78 is 5.10. The lowest BCUT2D eigenvalue weighted by atomic mass is 10.1. The van der Waals surface area contributed by atoms with Crippen molar-refractivity contribution in [3.63, 3.8) is 0 Å². The van der Waals surface area contributed by atoms with Gasteiger partial charge in [-0.1, -0.05) is 69.6 Å². The summed E-state index contributed by atoms with van der Waals surface area (Å²) in [5.74, 6) is -0.267. The highest BCUT2D eigenvalue weighted by atomic mass is 35.7. The van der Waals surface area contributed by atoms with Crippen LogP contribution in [0.3, 0.4) is 0 Å². The molecule has 0 N–H and O–H groups in total. The van der Waals surface area contributed by atoms with Gasteiger partial charge in [0.05, 0.1) is 29.2 Å². The molecule has 0 amide bonds. The van der Waals surface area contributed by atoms with Crippen LogP contribution in [0.4, 0.5) is 0 Å². The Morgan fingerprint density at radius 3 is 1.95 bits per heavy atom. The number of ether oxygens (including phenoxy) is 1. The van der Waals surface area contributed by atoms with Gasteiger partial charge in [0.2, 0.25) is 0 Å². The van der Waals surface area contributed by atoms with Crippen molar-refractivity contribution in [1.29, 1.82) is 0 Å². The SMILES string of the molecule is COC(=O)C1C=CC(C)P(Cl)C1([Si](C)(C)C)[Si](C)(C)C. The Kier molecular flexibility index (Phi) is 5.40. The first-order valence-electron chi connectivity index (χ1n) is 7.12. The van der Waals surface area contributed by atoms with E-state index in [1.165, 1.54) is 7.11 Å². The van der Waals surface area contributed by atoms with Gasteiger partial charge in [-0.2, -0.15) is 0 Å². The van der Waals surface area contributed by atoms with Gasteiger partial charge < -0.3 is 4.74 Å². The van der Waals surface area contributed by atoms with Crippen molar-refractivity contribution >= 4 is 40.6 Å². The summed E-state index contributed by atoms with van der Waals surface area (Å²) in [6.45, 7) is 16.4. The molecule has 0 radical (unpaired) electrons. The Morgan fingerprint density at radius 2 is 1.60 bits per heavy atom. The fourth-order valence-electron chi connectivity index (χ4n) is 4.02. The second-order valence-electron chi connectivity index (χ2n) is 7.70. The zero-order valence-electron chi connectivity index (χ0n) is 14.0. The van der Waals surface area contributed by atoms with Crippen LogP contribution in [-0.2, 0) is 9.53 Å². The third-order valence-corrected chi connectivity index (χ3v) is 24.0. The molecule has 116 valence electrons. The Labute approximate surface area is 131 Å². The minimum Gasteiger partial charge on any atom is -0.469 e. The van der Waals surface area contributed by atoms with Gasteiger partial charge in [-0.15, -0.1) is 0 Å². The maximum absolute atomic E-state index is 12.5. The third-order valence-electron chi connectivity index (χ3n) is 4.47. The molecule has 1 rings (SSSR count). The van der Waals surface area contributed by atoms with Crippen LogP contribution in [-0.4, -0.2) is 39.3 Å². The zero-order chi connectivity index (χ0) is 15.9. The van der Waals surface area contributed by atoms with E-state index in [9.17, 15) is 4.79 Å². The summed E-state index contributed by atoms with van der Waals surface area (Å²) in [5, 5.41) is 0. The minimum atomic E-state index is -1.68. The number of methoxy groups -OCH3 is 1. The number of hydrogen-bond donors (Lipinski definition) is 0. The van der Waals surface area contributed by atoms with Gasteiger partial charge in [-0.25, -0.2) is 0 Å². The third kappa shape index (κ3) is 2.69. The summed E-state index contributed by atoms with van der Waals surface area (Å²) in [4.78, 5) is 12.5. The highest BCUT2D eigenvalue weighted by Gasteiger charge is 2.64. The van der Waals surface area contributed by atoms with Crippen LogP contribution in [0.25, 0.3) is 0 Å². The Bertz CT molecular complexity index is 398. The van der Waals surface area contributed by atoms with Crippen LogP contribution in [0.15, 0.2) is 12.2 Å². The van der Waals surface area contributed by atoms with Crippen LogP contribution >= 0.6 is 18.5 Å². The number of allylic oxidation sites excluding steroid dienone is 1. The largest absolute Gasteiger partial charge is 0.469 e. The second-order valence-corrected chi connectivity index (χ2v) is 22.9. The van der Waals surface area contributed by atoms with Crippen molar-refractivity contribution in [3.8, 4) is 0 Å². The van der Waals surface area contributed by atoms with Crippen LogP contribution < -0.4 is 0 Å². The van der Waals surface area contributed by atoms with E-state index in [1.54, 1.807) is 0 Å². The molecule has 0 fully saturated rings. The minimum absolute atomic E-state index is 0.0296. The van der Waals surface area contributed by atoms with Crippen LogP contribution in [0.2, 0.25) is 39.3 Å². The number of carbonyl (C=O) groups is 1. The summed E-state index contributed by atoms with van der Waals surface area (Å²) in [5.41, 5.74) is 0.367. The van der Waals surface area contributed by atoms with E-state index >= 15 is 0 Å². The molecule has 1 aliphatic heterocycles. The Hall–Kier alpha value is 0.364. The first kappa shape index (κ1) is 18.4. The monoisotopic (exact) mass is 350 g/mol. The molecule has 1 aliphatic rings. The summed E-state index contributed by atoms with van der Waals surface area (Å²) in [6, 6.07) is 0. The molecular formula is C14H28ClO2PSi2. The maximum atomic E-state index is 12.5. The van der Waals surface area contributed by atoms with Gasteiger partial charge in [0, 0.05) is 10.1 Å². The first-order valence-corrected chi connectivity index (χ1v) is 16.4. The Morgan fingerprint density at radius 1 is 1.15 bits per heavy atom. The van der Waals surface area contributed by atoms with Crippen molar-refractivity contribution in [2.24, 2.45) is 5.92 Å². The second kappa shape index (κ2) is 5.87. The number of hydrogen-bond acceptors (Lipinski definition) is 2. The highest BCUT2D eigenvalue weighted by molar-refractivity contribution is 7.90. The molecule has 6 heteroatoms. The number of esters is 1. The molecule has 3 unspecified atom stereocenters. The van der Waals surface area contributed by atoms with E-state index in [2.05, 4.69) is 58.4 Å². The molecule has 0 aromatic carbocycles. The zero-order valence-corrected chi connectivity index (χ0v) is 17.6. The Balaban J connectivity index is 3.64. The predicted molar refractivity (Wildman–Crippen MR) is 96.3 cm³/mol. The maximum Gasteiger partial charge on any atom is 0.312 e. The van der Waals surface area contributed by atoms with Crippen molar-refractivity contribution in [2.75, 3.05) is 7.11 Å². The van der Waals surface area contributed by atoms with Crippen molar-refractivity contribution in [3.05, 3.63) is 12.2 Å². The lowest BCUT2D eigenvalue weighted by Gasteiger charge is -2.59. The van der Waals surface area contributed by atoms with E-state index in [-0.39, 0.29) is 16.3 Å². The summed E-state index contributed by atoms with van der Waals surface area (Å²) >= 11 is 7.03. The van der Waals surface area contributed by atoms with Crippen LogP contribution in [0, 0.1) is 5.92 Å². The molecule has 0 aromatic rings. The van der Waals surface area contributed by atoms with Crippen molar-refractivity contribution < 1.29 is 9.53 Å². The molecule has 3 atom stereocenters. The quantitative estimate of drug-likeness (QED) is 0.314. The summed E-state index contributed by atoms with van der Waals surface area (Å²) in [7, 11) is -2.62. The van der Waals surface area contributed by atoms with E-state index in [1.807, 2.05) is 0 Å². The fourth-order valence-corrected chi connectivity index (χ4v) is 28.1.